The standard InChI is InChI=1S/C23H26N6O2/c1-31-21-11-16-14-29(13-15(16)10-19(21)26-22-7-3-5-9-25-22)23(30)20-12-18(27-28-20)17-6-2-4-8-24-17/h2-9,12,15-16,19,21H,10-11,13-14H2,1H3,(H,25,26)(H,27,28)/t15-,16+,19-,21-/m1/s1. The Morgan fingerprint density at radius 2 is 1.84 bits per heavy atom. The van der Waals surface area contributed by atoms with Crippen LogP contribution in [0.4, 0.5) is 5.82 Å². The van der Waals surface area contributed by atoms with Gasteiger partial charge in [-0.3, -0.25) is 14.9 Å². The number of carbonyl (C=O) groups excluding carboxylic acids is 1. The van der Waals surface area contributed by atoms with Gasteiger partial charge in [-0.25, -0.2) is 4.98 Å². The first-order valence-electron chi connectivity index (χ1n) is 10.7. The van der Waals surface area contributed by atoms with Crippen LogP contribution in [0.2, 0.25) is 0 Å². The number of anilines is 1. The van der Waals surface area contributed by atoms with E-state index >= 15 is 0 Å². The normalized spacial score (nSPS) is 25.3. The Kier molecular flexibility index (Phi) is 5.38. The quantitative estimate of drug-likeness (QED) is 0.662. The molecule has 8 nitrogen and oxygen atoms in total. The molecule has 3 aromatic rings. The van der Waals surface area contributed by atoms with E-state index in [1.165, 1.54) is 0 Å². The molecule has 1 saturated heterocycles. The fourth-order valence-electron chi connectivity index (χ4n) is 4.88. The molecule has 2 N–H and O–H groups in total. The third-order valence-electron chi connectivity index (χ3n) is 6.44. The minimum absolute atomic E-state index is 0.00715. The van der Waals surface area contributed by atoms with Crippen LogP contribution in [-0.2, 0) is 4.74 Å². The first kappa shape index (κ1) is 19.7. The molecule has 1 aliphatic heterocycles. The third kappa shape index (κ3) is 4.03. The van der Waals surface area contributed by atoms with Gasteiger partial charge < -0.3 is 15.0 Å². The number of carbonyl (C=O) groups is 1. The van der Waals surface area contributed by atoms with Gasteiger partial charge in [0.1, 0.15) is 17.2 Å². The van der Waals surface area contributed by atoms with Crippen LogP contribution in [-0.4, -0.2) is 63.3 Å². The fourth-order valence-corrected chi connectivity index (χ4v) is 4.88. The molecule has 0 bridgehead atoms. The maximum Gasteiger partial charge on any atom is 0.271 e. The van der Waals surface area contributed by atoms with E-state index < -0.39 is 0 Å². The summed E-state index contributed by atoms with van der Waals surface area (Å²) in [6.45, 7) is 1.50. The second kappa shape index (κ2) is 8.47. The van der Waals surface area contributed by atoms with Crippen molar-refractivity contribution in [3.63, 3.8) is 0 Å². The smallest absolute Gasteiger partial charge is 0.271 e. The van der Waals surface area contributed by atoms with Crippen LogP contribution in [0.5, 0.6) is 0 Å². The lowest BCUT2D eigenvalue weighted by atomic mass is 9.77. The lowest BCUT2D eigenvalue weighted by Crippen LogP contribution is -2.44. The number of likely N-dealkylation sites (tertiary alicyclic amines) is 1. The Hall–Kier alpha value is -3.26. The summed E-state index contributed by atoms with van der Waals surface area (Å²) in [6, 6.07) is 13.5. The summed E-state index contributed by atoms with van der Waals surface area (Å²) >= 11 is 0. The highest BCUT2D eigenvalue weighted by molar-refractivity contribution is 5.93. The maximum atomic E-state index is 13.1. The van der Waals surface area contributed by atoms with Gasteiger partial charge in [0.15, 0.2) is 0 Å². The number of amides is 1. The predicted molar refractivity (Wildman–Crippen MR) is 116 cm³/mol. The van der Waals surface area contributed by atoms with Gasteiger partial charge in [-0.2, -0.15) is 5.10 Å². The first-order chi connectivity index (χ1) is 15.2. The van der Waals surface area contributed by atoms with Gasteiger partial charge in [0.25, 0.3) is 5.91 Å². The van der Waals surface area contributed by atoms with E-state index in [4.69, 9.17) is 4.74 Å². The highest BCUT2D eigenvalue weighted by Gasteiger charge is 2.44. The molecule has 0 aromatic carbocycles. The van der Waals surface area contributed by atoms with E-state index in [9.17, 15) is 4.79 Å². The highest BCUT2D eigenvalue weighted by Crippen LogP contribution is 2.38. The molecule has 1 amide bonds. The number of hydrogen-bond donors (Lipinski definition) is 2. The monoisotopic (exact) mass is 418 g/mol. The number of H-pyrrole nitrogens is 1. The largest absolute Gasteiger partial charge is 0.379 e. The number of ether oxygens (including phenoxy) is 1. The van der Waals surface area contributed by atoms with Crippen molar-refractivity contribution < 1.29 is 9.53 Å². The van der Waals surface area contributed by atoms with Crippen molar-refractivity contribution in [2.24, 2.45) is 11.8 Å². The molecule has 4 atom stereocenters. The second-order valence-electron chi connectivity index (χ2n) is 8.32. The van der Waals surface area contributed by atoms with Crippen LogP contribution < -0.4 is 5.32 Å². The molecule has 0 radical (unpaired) electrons. The maximum absolute atomic E-state index is 13.1. The van der Waals surface area contributed by atoms with Crippen molar-refractivity contribution in [3.8, 4) is 11.4 Å². The zero-order valence-electron chi connectivity index (χ0n) is 17.4. The predicted octanol–water partition coefficient (Wildman–Crippen LogP) is 2.84. The van der Waals surface area contributed by atoms with E-state index in [1.807, 2.05) is 41.3 Å². The minimum atomic E-state index is -0.00715. The summed E-state index contributed by atoms with van der Waals surface area (Å²) in [5.74, 6) is 1.73. The molecule has 1 aliphatic carbocycles. The summed E-state index contributed by atoms with van der Waals surface area (Å²) in [5.41, 5.74) is 1.93. The molecule has 1 saturated carbocycles. The van der Waals surface area contributed by atoms with E-state index in [0.29, 0.717) is 23.2 Å². The molecule has 31 heavy (non-hydrogen) atoms. The first-order valence-corrected chi connectivity index (χ1v) is 10.7. The zero-order chi connectivity index (χ0) is 21.2. The molecule has 8 heteroatoms. The van der Waals surface area contributed by atoms with Gasteiger partial charge in [-0.1, -0.05) is 12.1 Å². The third-order valence-corrected chi connectivity index (χ3v) is 6.44. The Morgan fingerprint density at radius 3 is 2.55 bits per heavy atom. The molecule has 2 fully saturated rings. The molecule has 5 rings (SSSR count). The Balaban J connectivity index is 1.27. The van der Waals surface area contributed by atoms with E-state index in [0.717, 1.165) is 37.4 Å². The van der Waals surface area contributed by atoms with Crippen LogP contribution in [0.1, 0.15) is 23.3 Å². The van der Waals surface area contributed by atoms with E-state index in [1.54, 1.807) is 25.6 Å². The lowest BCUT2D eigenvalue weighted by Gasteiger charge is -2.37. The molecule has 160 valence electrons. The van der Waals surface area contributed by atoms with E-state index in [2.05, 4.69) is 25.5 Å². The van der Waals surface area contributed by atoms with Crippen molar-refractivity contribution >= 4 is 11.7 Å². The number of hydrogen-bond acceptors (Lipinski definition) is 6. The average molecular weight is 419 g/mol. The summed E-state index contributed by atoms with van der Waals surface area (Å²) < 4.78 is 5.80. The molecular weight excluding hydrogens is 392 g/mol. The molecule has 0 spiro atoms. The summed E-state index contributed by atoms with van der Waals surface area (Å²) in [5, 5.41) is 10.7. The zero-order valence-corrected chi connectivity index (χ0v) is 17.4. The van der Waals surface area contributed by atoms with Gasteiger partial charge in [-0.05, 0) is 55.0 Å². The van der Waals surface area contributed by atoms with Gasteiger partial charge >= 0.3 is 0 Å². The van der Waals surface area contributed by atoms with Crippen LogP contribution in [0.15, 0.2) is 54.9 Å². The average Bonchev–Trinajstić information content (AvgIpc) is 3.47. The number of fused-ring (bicyclic) bond motifs is 1. The summed E-state index contributed by atoms with van der Waals surface area (Å²) in [6.07, 6.45) is 5.48. The molecule has 2 aliphatic rings. The molecule has 0 unspecified atom stereocenters. The second-order valence-corrected chi connectivity index (χ2v) is 8.32. The molecule has 3 aromatic heterocycles. The number of nitrogens with zero attached hydrogens (tertiary/aromatic N) is 4. The summed E-state index contributed by atoms with van der Waals surface area (Å²) in [7, 11) is 1.76. The molecular formula is C23H26N6O2. The van der Waals surface area contributed by atoms with Crippen LogP contribution in [0, 0.1) is 11.8 Å². The van der Waals surface area contributed by atoms with Crippen molar-refractivity contribution in [3.05, 3.63) is 60.6 Å². The Bertz CT molecular complexity index is 1020. The lowest BCUT2D eigenvalue weighted by molar-refractivity contribution is 0.0304. The number of aromatic nitrogens is 4. The molecule has 4 heterocycles. The van der Waals surface area contributed by atoms with Crippen molar-refractivity contribution in [1.82, 2.24) is 25.1 Å². The fraction of sp³-hybridized carbons (Fsp3) is 0.391. The number of aromatic amines is 1. The summed E-state index contributed by atoms with van der Waals surface area (Å²) in [4.78, 5) is 23.8. The van der Waals surface area contributed by atoms with Crippen molar-refractivity contribution in [2.45, 2.75) is 25.0 Å². The highest BCUT2D eigenvalue weighted by atomic mass is 16.5. The van der Waals surface area contributed by atoms with Gasteiger partial charge in [0, 0.05) is 32.6 Å². The Labute approximate surface area is 181 Å². The van der Waals surface area contributed by atoms with Crippen LogP contribution in [0.3, 0.4) is 0 Å². The van der Waals surface area contributed by atoms with Crippen LogP contribution >= 0.6 is 0 Å². The topological polar surface area (TPSA) is 96.0 Å². The SMILES string of the molecule is CO[C@@H]1C[C@H]2CN(C(=O)c3cc(-c4ccccn4)n[nH]3)C[C@H]2C[C@H]1Nc1ccccn1. The Morgan fingerprint density at radius 1 is 1.06 bits per heavy atom. The van der Waals surface area contributed by atoms with Gasteiger partial charge in [-0.15, -0.1) is 0 Å². The number of rotatable bonds is 5. The van der Waals surface area contributed by atoms with E-state index in [-0.39, 0.29) is 18.1 Å². The van der Waals surface area contributed by atoms with Crippen molar-refractivity contribution in [1.29, 1.82) is 0 Å². The number of methoxy groups -OCH3 is 1. The minimum Gasteiger partial charge on any atom is -0.379 e. The van der Waals surface area contributed by atoms with Gasteiger partial charge in [0.05, 0.1) is 17.8 Å². The number of nitrogens with one attached hydrogen (secondary N) is 2. The number of pyridine rings is 2. The van der Waals surface area contributed by atoms with Crippen molar-refractivity contribution in [2.75, 3.05) is 25.5 Å². The van der Waals surface area contributed by atoms with Gasteiger partial charge in [0.2, 0.25) is 0 Å². The van der Waals surface area contributed by atoms with Crippen LogP contribution in [0.25, 0.3) is 11.4 Å².